The second-order valence-corrected chi connectivity index (χ2v) is 9.52. The molecule has 1 aliphatic carbocycles. The van der Waals surface area contributed by atoms with E-state index < -0.39 is 11.5 Å². The minimum Gasteiger partial charge on any atom is -0.464 e. The van der Waals surface area contributed by atoms with Crippen molar-refractivity contribution in [2.75, 3.05) is 13.7 Å². The van der Waals surface area contributed by atoms with Crippen molar-refractivity contribution in [2.24, 2.45) is 0 Å². The summed E-state index contributed by atoms with van der Waals surface area (Å²) in [7, 11) is 1.30. The van der Waals surface area contributed by atoms with Crippen LogP contribution in [0.5, 0.6) is 0 Å². The summed E-state index contributed by atoms with van der Waals surface area (Å²) < 4.78 is 6.64. The van der Waals surface area contributed by atoms with E-state index in [4.69, 9.17) is 16.3 Å². The number of esters is 1. The number of ether oxygens (including phenoxy) is 1. The van der Waals surface area contributed by atoms with Crippen LogP contribution >= 0.6 is 11.6 Å². The number of carbonyl (C=O) groups is 2. The Bertz CT molecular complexity index is 983. The van der Waals surface area contributed by atoms with Crippen molar-refractivity contribution in [1.82, 2.24) is 19.8 Å². The zero-order chi connectivity index (χ0) is 22.7. The van der Waals surface area contributed by atoms with Gasteiger partial charge in [0.25, 0.3) is 5.91 Å². The lowest BCUT2D eigenvalue weighted by molar-refractivity contribution is 0.0310. The van der Waals surface area contributed by atoms with Gasteiger partial charge in [0.15, 0.2) is 5.69 Å². The van der Waals surface area contributed by atoms with Gasteiger partial charge in [-0.15, -0.1) is 0 Å². The summed E-state index contributed by atoms with van der Waals surface area (Å²) in [6.07, 6.45) is 8.96. The predicted molar refractivity (Wildman–Crippen MR) is 123 cm³/mol. The molecule has 2 aliphatic rings. The van der Waals surface area contributed by atoms with Crippen LogP contribution in [0.4, 0.5) is 0 Å². The van der Waals surface area contributed by atoms with Gasteiger partial charge in [0.1, 0.15) is 5.69 Å². The number of nitrogens with zero attached hydrogens (tertiary/aromatic N) is 3. The van der Waals surface area contributed by atoms with E-state index in [1.165, 1.54) is 32.8 Å². The zero-order valence-electron chi connectivity index (χ0n) is 18.8. The van der Waals surface area contributed by atoms with E-state index in [0.29, 0.717) is 30.7 Å². The summed E-state index contributed by atoms with van der Waals surface area (Å²) in [6, 6.07) is 8.02. The van der Waals surface area contributed by atoms with Crippen LogP contribution in [0.3, 0.4) is 0 Å². The van der Waals surface area contributed by atoms with E-state index in [-0.39, 0.29) is 17.3 Å². The maximum Gasteiger partial charge on any atom is 0.359 e. The van der Waals surface area contributed by atoms with Crippen molar-refractivity contribution in [3.8, 4) is 0 Å². The SMILES string of the molecule is COC(=O)c1ncn2c1C(=O)N(Cc1ccccc1Cl)C(C)(CNC1CCCCCC1)C2. The normalized spacial score (nSPS) is 21.8. The minimum absolute atomic E-state index is 0.0560. The Labute approximate surface area is 194 Å². The smallest absolute Gasteiger partial charge is 0.359 e. The maximum atomic E-state index is 13.7. The molecule has 0 bridgehead atoms. The van der Waals surface area contributed by atoms with Gasteiger partial charge >= 0.3 is 5.97 Å². The molecule has 0 spiro atoms. The van der Waals surface area contributed by atoms with E-state index in [9.17, 15) is 9.59 Å². The molecule has 0 saturated heterocycles. The Balaban J connectivity index is 1.65. The van der Waals surface area contributed by atoms with Crippen LogP contribution in [0.2, 0.25) is 5.02 Å². The van der Waals surface area contributed by atoms with Crippen molar-refractivity contribution < 1.29 is 14.3 Å². The summed E-state index contributed by atoms with van der Waals surface area (Å²) in [4.78, 5) is 32.0. The predicted octanol–water partition coefficient (Wildman–Crippen LogP) is 4.05. The first-order valence-electron chi connectivity index (χ1n) is 11.3. The van der Waals surface area contributed by atoms with E-state index in [2.05, 4.69) is 17.2 Å². The highest BCUT2D eigenvalue weighted by molar-refractivity contribution is 6.31. The number of hydrogen-bond donors (Lipinski definition) is 1. The fraction of sp³-hybridized carbons (Fsp3) is 0.542. The van der Waals surface area contributed by atoms with Gasteiger partial charge in [0.2, 0.25) is 0 Å². The molecular formula is C24H31ClN4O3. The van der Waals surface area contributed by atoms with E-state index >= 15 is 0 Å². The molecule has 1 fully saturated rings. The number of aromatic nitrogens is 2. The Morgan fingerprint density at radius 2 is 1.97 bits per heavy atom. The third kappa shape index (κ3) is 4.55. The van der Waals surface area contributed by atoms with Crippen molar-refractivity contribution in [3.05, 3.63) is 52.6 Å². The number of hydrogen-bond acceptors (Lipinski definition) is 5. The second kappa shape index (κ2) is 9.63. The van der Waals surface area contributed by atoms with Crippen molar-refractivity contribution in [2.45, 2.75) is 70.1 Å². The first-order valence-corrected chi connectivity index (χ1v) is 11.7. The van der Waals surface area contributed by atoms with E-state index in [1.807, 2.05) is 29.2 Å². The minimum atomic E-state index is -0.607. The van der Waals surface area contributed by atoms with Gasteiger partial charge in [-0.2, -0.15) is 0 Å². The number of methoxy groups -OCH3 is 1. The molecule has 1 aliphatic heterocycles. The fourth-order valence-corrected chi connectivity index (χ4v) is 5.05. The Kier molecular flexibility index (Phi) is 6.86. The van der Waals surface area contributed by atoms with Crippen molar-refractivity contribution >= 4 is 23.5 Å². The summed E-state index contributed by atoms with van der Waals surface area (Å²) in [5.41, 5.74) is 0.691. The number of nitrogens with one attached hydrogen (secondary N) is 1. The van der Waals surface area contributed by atoms with Crippen LogP contribution in [0.15, 0.2) is 30.6 Å². The molecule has 1 atom stereocenters. The largest absolute Gasteiger partial charge is 0.464 e. The van der Waals surface area contributed by atoms with Gasteiger partial charge in [-0.3, -0.25) is 4.79 Å². The van der Waals surface area contributed by atoms with Crippen LogP contribution in [-0.4, -0.2) is 51.6 Å². The number of amides is 1. The molecular weight excluding hydrogens is 428 g/mol. The molecule has 32 heavy (non-hydrogen) atoms. The van der Waals surface area contributed by atoms with Crippen molar-refractivity contribution in [1.29, 1.82) is 0 Å². The Morgan fingerprint density at radius 1 is 1.25 bits per heavy atom. The Morgan fingerprint density at radius 3 is 2.66 bits per heavy atom. The van der Waals surface area contributed by atoms with Crippen LogP contribution in [-0.2, 0) is 17.8 Å². The van der Waals surface area contributed by atoms with Gasteiger partial charge in [0, 0.05) is 30.7 Å². The highest BCUT2D eigenvalue weighted by Gasteiger charge is 2.44. The van der Waals surface area contributed by atoms with Crippen LogP contribution in [0.25, 0.3) is 0 Å². The summed E-state index contributed by atoms with van der Waals surface area (Å²) >= 11 is 6.44. The molecule has 7 nitrogen and oxygen atoms in total. The molecule has 4 rings (SSSR count). The van der Waals surface area contributed by atoms with Gasteiger partial charge in [-0.1, -0.05) is 55.5 Å². The van der Waals surface area contributed by atoms with Gasteiger partial charge in [0.05, 0.1) is 19.0 Å². The molecule has 1 amide bonds. The summed E-state index contributed by atoms with van der Waals surface area (Å²) in [5.74, 6) is -0.843. The molecule has 0 radical (unpaired) electrons. The topological polar surface area (TPSA) is 76.5 Å². The number of benzene rings is 1. The molecule has 1 unspecified atom stereocenters. The highest BCUT2D eigenvalue weighted by Crippen LogP contribution is 2.32. The molecule has 2 heterocycles. The monoisotopic (exact) mass is 458 g/mol. The number of fused-ring (bicyclic) bond motifs is 1. The Hall–Kier alpha value is -2.38. The quantitative estimate of drug-likeness (QED) is 0.522. The van der Waals surface area contributed by atoms with E-state index in [1.54, 1.807) is 10.9 Å². The summed E-state index contributed by atoms with van der Waals surface area (Å²) in [5, 5.41) is 4.36. The lowest BCUT2D eigenvalue weighted by atomic mass is 9.93. The molecule has 2 aromatic rings. The number of halogens is 1. The average Bonchev–Trinajstić information content (AvgIpc) is 3.02. The third-order valence-corrected chi connectivity index (χ3v) is 7.11. The fourth-order valence-electron chi connectivity index (χ4n) is 4.86. The zero-order valence-corrected chi connectivity index (χ0v) is 19.5. The van der Waals surface area contributed by atoms with E-state index in [0.717, 1.165) is 18.4 Å². The highest BCUT2D eigenvalue weighted by atomic mass is 35.5. The number of carbonyl (C=O) groups excluding carboxylic acids is 2. The maximum absolute atomic E-state index is 13.7. The molecule has 1 saturated carbocycles. The first kappa shape index (κ1) is 22.8. The van der Waals surface area contributed by atoms with Crippen LogP contribution < -0.4 is 5.32 Å². The molecule has 1 aromatic heterocycles. The average molecular weight is 459 g/mol. The molecule has 172 valence electrons. The third-order valence-electron chi connectivity index (χ3n) is 6.74. The molecule has 1 aromatic carbocycles. The van der Waals surface area contributed by atoms with Crippen LogP contribution in [0.1, 0.15) is 72.0 Å². The van der Waals surface area contributed by atoms with Crippen molar-refractivity contribution in [3.63, 3.8) is 0 Å². The first-order chi connectivity index (χ1) is 15.4. The number of imidazole rings is 1. The second-order valence-electron chi connectivity index (χ2n) is 9.11. The number of rotatable bonds is 6. The van der Waals surface area contributed by atoms with Gasteiger partial charge in [-0.05, 0) is 31.4 Å². The van der Waals surface area contributed by atoms with Gasteiger partial charge < -0.3 is 19.5 Å². The lowest BCUT2D eigenvalue weighted by Gasteiger charge is -2.46. The van der Waals surface area contributed by atoms with Crippen LogP contribution in [0, 0.1) is 0 Å². The summed E-state index contributed by atoms with van der Waals surface area (Å²) in [6.45, 7) is 3.63. The lowest BCUT2D eigenvalue weighted by Crippen LogP contribution is -2.61. The van der Waals surface area contributed by atoms with Gasteiger partial charge in [-0.25, -0.2) is 9.78 Å². The molecule has 1 N–H and O–H groups in total. The standard InChI is InChI=1S/C24H31ClN4O3/c1-24(14-26-18-10-5-3-4-6-11-18)15-28-16-27-20(23(31)32-2)21(28)22(30)29(24)13-17-9-7-8-12-19(17)25/h7-9,12,16,18,26H,3-6,10-11,13-15H2,1-2H3. The molecule has 8 heteroatoms.